The number of aromatic nitrogens is 3. The van der Waals surface area contributed by atoms with Crippen molar-refractivity contribution >= 4 is 23.4 Å². The summed E-state index contributed by atoms with van der Waals surface area (Å²) in [6.07, 6.45) is 0.811. The van der Waals surface area contributed by atoms with Crippen molar-refractivity contribution in [3.05, 3.63) is 69.0 Å². The summed E-state index contributed by atoms with van der Waals surface area (Å²) in [5.41, 5.74) is 0.242. The molecule has 3 aromatic rings. The second-order valence-electron chi connectivity index (χ2n) is 10.1. The van der Waals surface area contributed by atoms with Gasteiger partial charge in [0.15, 0.2) is 5.78 Å². The Morgan fingerprint density at radius 3 is 2.51 bits per heavy atom. The number of fused-ring (bicyclic) bond motifs is 1. The van der Waals surface area contributed by atoms with Gasteiger partial charge in [-0.2, -0.15) is 5.10 Å². The lowest BCUT2D eigenvalue weighted by molar-refractivity contribution is 0.0203. The van der Waals surface area contributed by atoms with Crippen LogP contribution < -0.4 is 10.9 Å². The normalized spacial score (nSPS) is 14.6. The second kappa shape index (κ2) is 10.2. The largest absolute Gasteiger partial charge is 0.444 e. The molecular weight excluding hydrogens is 481 g/mol. The van der Waals surface area contributed by atoms with Crippen LogP contribution in [-0.4, -0.2) is 62.5 Å². The number of rotatable bonds is 5. The molecule has 0 saturated carbocycles. The first-order valence-electron chi connectivity index (χ1n) is 12.1. The summed E-state index contributed by atoms with van der Waals surface area (Å²) < 4.78 is 20.9. The van der Waals surface area contributed by atoms with E-state index in [0.29, 0.717) is 37.3 Å². The number of H-pyrrole nitrogens is 1. The molecule has 2 aromatic heterocycles. The van der Waals surface area contributed by atoms with Crippen molar-refractivity contribution in [2.75, 3.05) is 19.6 Å². The van der Waals surface area contributed by atoms with E-state index in [1.165, 1.54) is 34.8 Å². The monoisotopic (exact) mass is 511 g/mol. The molecule has 0 radical (unpaired) electrons. The van der Waals surface area contributed by atoms with E-state index in [1.54, 1.807) is 11.8 Å². The molecule has 11 heteroatoms. The molecule has 1 saturated heterocycles. The molecule has 0 spiro atoms. The summed E-state index contributed by atoms with van der Waals surface area (Å²) in [4.78, 5) is 54.7. The predicted molar refractivity (Wildman–Crippen MR) is 133 cm³/mol. The van der Waals surface area contributed by atoms with Gasteiger partial charge in [0, 0.05) is 25.1 Å². The summed E-state index contributed by atoms with van der Waals surface area (Å²) >= 11 is 0. The highest BCUT2D eigenvalue weighted by Crippen LogP contribution is 2.29. The Balaban J connectivity index is 1.52. The number of halogens is 1. The van der Waals surface area contributed by atoms with E-state index in [0.717, 1.165) is 0 Å². The number of ketones is 1. The number of hydrogen-bond donors (Lipinski definition) is 2. The van der Waals surface area contributed by atoms with Gasteiger partial charge in [0.05, 0.1) is 23.5 Å². The van der Waals surface area contributed by atoms with E-state index in [4.69, 9.17) is 4.74 Å². The summed E-state index contributed by atoms with van der Waals surface area (Å²) in [5.74, 6) is -1.92. The van der Waals surface area contributed by atoms with Crippen LogP contribution >= 0.6 is 0 Å². The van der Waals surface area contributed by atoms with Gasteiger partial charge in [-0.15, -0.1) is 0 Å². The van der Waals surface area contributed by atoms with Gasteiger partial charge in [-0.25, -0.2) is 13.7 Å². The Morgan fingerprint density at radius 1 is 1.19 bits per heavy atom. The van der Waals surface area contributed by atoms with Crippen molar-refractivity contribution in [1.82, 2.24) is 24.8 Å². The van der Waals surface area contributed by atoms with Gasteiger partial charge in [0.1, 0.15) is 22.6 Å². The van der Waals surface area contributed by atoms with Crippen LogP contribution in [0.15, 0.2) is 35.1 Å². The number of Topliss-reactive ketones (excluding diaryl/α,β-unsaturated/α-hetero) is 1. The first-order chi connectivity index (χ1) is 17.4. The number of carbonyl (C=O) groups excluding carboxylic acids is 3. The van der Waals surface area contributed by atoms with Gasteiger partial charge < -0.3 is 19.9 Å². The van der Waals surface area contributed by atoms with Crippen molar-refractivity contribution in [3.8, 4) is 0 Å². The number of ether oxygens (including phenoxy) is 1. The summed E-state index contributed by atoms with van der Waals surface area (Å²) in [7, 11) is 0. The summed E-state index contributed by atoms with van der Waals surface area (Å²) in [6, 6.07) is 6.99. The van der Waals surface area contributed by atoms with Crippen LogP contribution in [0.2, 0.25) is 0 Å². The number of piperidine rings is 1. The van der Waals surface area contributed by atoms with Gasteiger partial charge in [-0.1, -0.05) is 12.1 Å². The molecule has 10 nitrogen and oxygen atoms in total. The number of aryl methyl sites for hydroxylation is 1. The zero-order valence-corrected chi connectivity index (χ0v) is 21.3. The third-order valence-corrected chi connectivity index (χ3v) is 6.20. The number of nitrogens with zero attached hydrogens (tertiary/aromatic N) is 3. The Hall–Kier alpha value is -4.02. The van der Waals surface area contributed by atoms with Crippen LogP contribution in [0.5, 0.6) is 0 Å². The molecule has 2 amide bonds. The Morgan fingerprint density at radius 2 is 1.86 bits per heavy atom. The van der Waals surface area contributed by atoms with Crippen LogP contribution in [-0.2, 0) is 4.74 Å². The topological polar surface area (TPSA) is 126 Å². The number of nitrogens with one attached hydrogen (secondary N) is 2. The van der Waals surface area contributed by atoms with Gasteiger partial charge in [-0.3, -0.25) is 14.4 Å². The lowest BCUT2D eigenvalue weighted by Gasteiger charge is -2.33. The van der Waals surface area contributed by atoms with Crippen LogP contribution in [0.3, 0.4) is 0 Å². The van der Waals surface area contributed by atoms with E-state index in [2.05, 4.69) is 15.4 Å². The summed E-state index contributed by atoms with van der Waals surface area (Å²) in [5, 5.41) is 7.00. The molecule has 1 fully saturated rings. The van der Waals surface area contributed by atoms with Gasteiger partial charge in [-0.05, 0) is 52.7 Å². The third-order valence-electron chi connectivity index (χ3n) is 6.20. The quantitative estimate of drug-likeness (QED) is 0.507. The number of amides is 2. The molecule has 1 aromatic carbocycles. The molecule has 0 atom stereocenters. The van der Waals surface area contributed by atoms with Crippen molar-refractivity contribution in [2.24, 2.45) is 0 Å². The van der Waals surface area contributed by atoms with E-state index in [1.807, 2.05) is 20.8 Å². The Labute approximate surface area is 212 Å². The van der Waals surface area contributed by atoms with Crippen molar-refractivity contribution in [2.45, 2.75) is 52.1 Å². The predicted octanol–water partition coefficient (Wildman–Crippen LogP) is 3.20. The fraction of sp³-hybridized carbons (Fsp3) is 0.423. The molecule has 0 bridgehead atoms. The molecule has 3 heterocycles. The average Bonchev–Trinajstić information content (AvgIpc) is 3.16. The smallest absolute Gasteiger partial charge is 0.410 e. The minimum atomic E-state index is -0.666. The summed E-state index contributed by atoms with van der Waals surface area (Å²) in [6.45, 7) is 7.58. The van der Waals surface area contributed by atoms with Crippen molar-refractivity contribution in [3.63, 3.8) is 0 Å². The minimum absolute atomic E-state index is 0.0682. The second-order valence-corrected chi connectivity index (χ2v) is 10.1. The minimum Gasteiger partial charge on any atom is -0.444 e. The highest BCUT2D eigenvalue weighted by atomic mass is 19.1. The van der Waals surface area contributed by atoms with E-state index in [9.17, 15) is 23.6 Å². The molecule has 1 aliphatic heterocycles. The van der Waals surface area contributed by atoms with Crippen molar-refractivity contribution < 1.29 is 23.5 Å². The van der Waals surface area contributed by atoms with Gasteiger partial charge in [0.2, 0.25) is 0 Å². The number of carbonyl (C=O) groups is 3. The van der Waals surface area contributed by atoms with E-state index >= 15 is 0 Å². The standard InChI is InChI=1S/C26H30FN5O5/c1-15-22(24(35)28-14-20(33)17-7-5-6-8-18(17)27)23-29-21(34)13-19(32(23)30-15)16-9-11-31(12-10-16)25(36)37-26(2,3)4/h5-8,13,16H,9-12,14H2,1-4H3,(H,28,35)(H,29,34). The van der Waals surface area contributed by atoms with Crippen LogP contribution in [0.4, 0.5) is 9.18 Å². The Kier molecular flexibility index (Phi) is 7.15. The van der Waals surface area contributed by atoms with Crippen LogP contribution in [0.1, 0.15) is 71.6 Å². The van der Waals surface area contributed by atoms with Crippen LogP contribution in [0, 0.1) is 12.7 Å². The van der Waals surface area contributed by atoms with E-state index < -0.39 is 35.2 Å². The fourth-order valence-corrected chi connectivity index (χ4v) is 4.46. The lowest BCUT2D eigenvalue weighted by Crippen LogP contribution is -2.41. The maximum Gasteiger partial charge on any atom is 0.410 e. The van der Waals surface area contributed by atoms with Gasteiger partial charge in [0.25, 0.3) is 11.5 Å². The maximum absolute atomic E-state index is 13.9. The number of hydrogen-bond acceptors (Lipinski definition) is 6. The zero-order chi connectivity index (χ0) is 26.9. The molecule has 0 unspecified atom stereocenters. The van der Waals surface area contributed by atoms with Crippen molar-refractivity contribution in [1.29, 1.82) is 0 Å². The molecule has 1 aliphatic rings. The number of benzene rings is 1. The highest BCUT2D eigenvalue weighted by Gasteiger charge is 2.30. The molecule has 2 N–H and O–H groups in total. The van der Waals surface area contributed by atoms with Gasteiger partial charge >= 0.3 is 6.09 Å². The first kappa shape index (κ1) is 26.1. The maximum atomic E-state index is 13.9. The third kappa shape index (κ3) is 5.71. The molecule has 0 aliphatic carbocycles. The first-order valence-corrected chi connectivity index (χ1v) is 12.1. The average molecular weight is 512 g/mol. The lowest BCUT2D eigenvalue weighted by atomic mass is 9.93. The fourth-order valence-electron chi connectivity index (χ4n) is 4.46. The molecule has 37 heavy (non-hydrogen) atoms. The zero-order valence-electron chi connectivity index (χ0n) is 21.3. The molecule has 4 rings (SSSR count). The molecular formula is C26H30FN5O5. The van der Waals surface area contributed by atoms with E-state index in [-0.39, 0.29) is 28.8 Å². The number of aromatic amines is 1. The SMILES string of the molecule is Cc1nn2c(C3CCN(C(=O)OC(C)(C)C)CC3)cc(=O)[nH]c2c1C(=O)NCC(=O)c1ccccc1F. The Bertz CT molecular complexity index is 1410. The highest BCUT2D eigenvalue weighted by molar-refractivity contribution is 6.05. The van der Waals surface area contributed by atoms with Crippen LogP contribution in [0.25, 0.3) is 5.65 Å². The number of likely N-dealkylation sites (tertiary alicyclic amines) is 1. The molecule has 196 valence electrons.